The van der Waals surface area contributed by atoms with Gasteiger partial charge in [0.25, 0.3) is 0 Å². The minimum Gasteiger partial charge on any atom is -0.178 e. The Hall–Kier alpha value is 2.80. The maximum atomic E-state index is 4.40. The number of hydrogen-bond acceptors (Lipinski definition) is 8. The Balaban J connectivity index is 2.93. The van der Waals surface area contributed by atoms with Crippen LogP contribution in [-0.4, -0.2) is 42.2 Å². The van der Waals surface area contributed by atoms with Gasteiger partial charge in [0, 0.05) is 42.2 Å². The molecule has 0 aromatic rings. The standard InChI is InChI=1S/C8H18S8/c9-1-8(11)2-12-4-14-6-16-7-15-5-13-3-10/h8-11H,1-7H2. The van der Waals surface area contributed by atoms with Gasteiger partial charge >= 0.3 is 0 Å². The first-order valence-corrected chi connectivity index (χ1v) is 12.1. The highest BCUT2D eigenvalue weighted by molar-refractivity contribution is 8.28. The van der Waals surface area contributed by atoms with Crippen LogP contribution in [0.15, 0.2) is 0 Å². The molecule has 98 valence electrons. The molecule has 8 heteroatoms. The monoisotopic (exact) mass is 370 g/mol. The zero-order valence-electron chi connectivity index (χ0n) is 8.91. The average Bonchev–Trinajstić information content (AvgIpc) is 2.31. The van der Waals surface area contributed by atoms with E-state index >= 15 is 0 Å². The van der Waals surface area contributed by atoms with Crippen molar-refractivity contribution in [2.45, 2.75) is 5.25 Å². The molecule has 0 bridgehead atoms. The lowest BCUT2D eigenvalue weighted by molar-refractivity contribution is 1.17. The molecule has 0 radical (unpaired) electrons. The van der Waals surface area contributed by atoms with Crippen LogP contribution in [0.4, 0.5) is 0 Å². The van der Waals surface area contributed by atoms with Crippen LogP contribution in [0.3, 0.4) is 0 Å². The van der Waals surface area contributed by atoms with Crippen molar-refractivity contribution >= 4 is 96.7 Å². The first kappa shape index (κ1) is 18.8. The molecule has 0 aromatic carbocycles. The molecule has 1 unspecified atom stereocenters. The molecule has 0 heterocycles. The number of thioether (sulfide) groups is 5. The molecule has 0 fully saturated rings. The first-order chi connectivity index (χ1) is 7.81. The SMILES string of the molecule is SCSCSCSCSCSCC(S)CS. The zero-order valence-corrected chi connectivity index (χ0v) is 15.7. The minimum atomic E-state index is 0.440. The quantitative estimate of drug-likeness (QED) is 0.260. The molecular weight excluding hydrogens is 353 g/mol. The molecular formula is C8H18S8. The van der Waals surface area contributed by atoms with Gasteiger partial charge in [-0.15, -0.1) is 58.8 Å². The van der Waals surface area contributed by atoms with Crippen LogP contribution in [0.25, 0.3) is 0 Å². The van der Waals surface area contributed by atoms with Crippen LogP contribution in [0, 0.1) is 0 Å². The Bertz CT molecular complexity index is 133. The summed E-state index contributed by atoms with van der Waals surface area (Å²) >= 11 is 22.6. The Morgan fingerprint density at radius 2 is 1.25 bits per heavy atom. The fraction of sp³-hybridized carbons (Fsp3) is 1.00. The van der Waals surface area contributed by atoms with E-state index in [2.05, 4.69) is 37.9 Å². The van der Waals surface area contributed by atoms with Crippen molar-refractivity contribution in [3.63, 3.8) is 0 Å². The second-order valence-electron chi connectivity index (χ2n) is 2.62. The van der Waals surface area contributed by atoms with Gasteiger partial charge in [0.05, 0.1) is 0 Å². The van der Waals surface area contributed by atoms with Crippen molar-refractivity contribution in [1.29, 1.82) is 0 Å². The van der Waals surface area contributed by atoms with Gasteiger partial charge in [-0.3, -0.25) is 0 Å². The van der Waals surface area contributed by atoms with Gasteiger partial charge in [0.15, 0.2) is 0 Å². The molecule has 0 saturated carbocycles. The number of thiol groups is 3. The second kappa shape index (κ2) is 15.9. The summed E-state index contributed by atoms with van der Waals surface area (Å²) in [6, 6.07) is 0. The van der Waals surface area contributed by atoms with Gasteiger partial charge in [0.2, 0.25) is 0 Å². The predicted octanol–water partition coefficient (Wildman–Crippen LogP) is 4.60. The molecule has 0 aliphatic rings. The Kier molecular flexibility index (Phi) is 18.6. The van der Waals surface area contributed by atoms with Gasteiger partial charge in [-0.1, -0.05) is 0 Å². The van der Waals surface area contributed by atoms with Crippen LogP contribution >= 0.6 is 96.7 Å². The smallest absolute Gasteiger partial charge is 0.0408 e. The third kappa shape index (κ3) is 14.9. The Labute approximate surface area is 137 Å². The van der Waals surface area contributed by atoms with Crippen LogP contribution in [0.5, 0.6) is 0 Å². The third-order valence-electron chi connectivity index (χ3n) is 1.28. The summed E-state index contributed by atoms with van der Waals surface area (Å²) in [7, 11) is 0. The molecule has 0 aliphatic carbocycles. The zero-order chi connectivity index (χ0) is 12.1. The van der Waals surface area contributed by atoms with E-state index in [1.165, 1.54) is 20.3 Å². The lowest BCUT2D eigenvalue weighted by Gasteiger charge is -2.06. The Morgan fingerprint density at radius 1 is 0.750 bits per heavy atom. The average molecular weight is 371 g/mol. The normalized spacial score (nSPS) is 12.9. The fourth-order valence-corrected chi connectivity index (χ4v) is 7.51. The van der Waals surface area contributed by atoms with E-state index in [0.29, 0.717) is 5.25 Å². The topological polar surface area (TPSA) is 0 Å². The third-order valence-corrected chi connectivity index (χ3v) is 9.32. The predicted molar refractivity (Wildman–Crippen MR) is 103 cm³/mol. The summed E-state index contributed by atoms with van der Waals surface area (Å²) in [6.07, 6.45) is 0. The first-order valence-electron chi connectivity index (χ1n) is 4.59. The maximum Gasteiger partial charge on any atom is 0.0408 e. The van der Waals surface area contributed by atoms with Crippen molar-refractivity contribution in [2.75, 3.05) is 36.9 Å². The largest absolute Gasteiger partial charge is 0.178 e. The number of rotatable bonds is 12. The summed E-state index contributed by atoms with van der Waals surface area (Å²) in [5.74, 6) is 1.98. The fourth-order valence-electron chi connectivity index (χ4n) is 0.612. The lowest BCUT2D eigenvalue weighted by atomic mass is 10.6. The molecule has 0 amide bonds. The van der Waals surface area contributed by atoms with E-state index in [1.807, 2.05) is 58.8 Å². The molecule has 0 spiro atoms. The van der Waals surface area contributed by atoms with Gasteiger partial charge in [0.1, 0.15) is 0 Å². The summed E-state index contributed by atoms with van der Waals surface area (Å²) in [4.78, 5) is 0. The summed E-state index contributed by atoms with van der Waals surface area (Å²) in [5, 5.41) is 6.11. The lowest BCUT2D eigenvalue weighted by Crippen LogP contribution is -2.03. The summed E-state index contributed by atoms with van der Waals surface area (Å²) in [6.45, 7) is 0. The van der Waals surface area contributed by atoms with Gasteiger partial charge in [-0.2, -0.15) is 37.9 Å². The number of hydrogen-bond donors (Lipinski definition) is 3. The summed E-state index contributed by atoms with van der Waals surface area (Å²) in [5.41, 5.74) is 0. The van der Waals surface area contributed by atoms with E-state index in [4.69, 9.17) is 0 Å². The molecule has 1 atom stereocenters. The highest BCUT2D eigenvalue weighted by Gasteiger charge is 1.99. The van der Waals surface area contributed by atoms with Crippen molar-refractivity contribution in [1.82, 2.24) is 0 Å². The van der Waals surface area contributed by atoms with Gasteiger partial charge in [-0.05, 0) is 0 Å². The maximum absolute atomic E-state index is 4.40. The van der Waals surface area contributed by atoms with E-state index in [9.17, 15) is 0 Å². The molecule has 0 aromatic heterocycles. The van der Waals surface area contributed by atoms with Gasteiger partial charge in [-0.25, -0.2) is 0 Å². The molecule has 0 N–H and O–H groups in total. The van der Waals surface area contributed by atoms with Crippen molar-refractivity contribution in [3.05, 3.63) is 0 Å². The summed E-state index contributed by atoms with van der Waals surface area (Å²) < 4.78 is 0. The molecule has 0 nitrogen and oxygen atoms in total. The second-order valence-corrected chi connectivity index (χ2v) is 10.9. The molecule has 16 heavy (non-hydrogen) atoms. The van der Waals surface area contributed by atoms with Crippen molar-refractivity contribution < 1.29 is 0 Å². The molecule has 0 saturated heterocycles. The highest BCUT2D eigenvalue weighted by Crippen LogP contribution is 2.23. The van der Waals surface area contributed by atoms with Crippen LogP contribution < -0.4 is 0 Å². The Morgan fingerprint density at radius 3 is 1.75 bits per heavy atom. The van der Waals surface area contributed by atoms with Crippen molar-refractivity contribution in [2.24, 2.45) is 0 Å². The minimum absolute atomic E-state index is 0.440. The van der Waals surface area contributed by atoms with E-state index in [1.54, 1.807) is 0 Å². The van der Waals surface area contributed by atoms with Crippen molar-refractivity contribution in [3.8, 4) is 0 Å². The van der Waals surface area contributed by atoms with E-state index in [0.717, 1.165) is 16.6 Å². The van der Waals surface area contributed by atoms with Crippen LogP contribution in [0.2, 0.25) is 0 Å². The van der Waals surface area contributed by atoms with Crippen LogP contribution in [0.1, 0.15) is 0 Å². The molecule has 0 aliphatic heterocycles. The van der Waals surface area contributed by atoms with E-state index < -0.39 is 0 Å². The van der Waals surface area contributed by atoms with Gasteiger partial charge < -0.3 is 0 Å². The molecule has 0 rings (SSSR count). The highest BCUT2D eigenvalue weighted by atomic mass is 32.3. The van der Waals surface area contributed by atoms with E-state index in [-0.39, 0.29) is 0 Å². The van der Waals surface area contributed by atoms with Crippen LogP contribution in [-0.2, 0) is 0 Å².